The van der Waals surface area contributed by atoms with Crippen molar-refractivity contribution in [2.24, 2.45) is 0 Å². The molecule has 0 radical (unpaired) electrons. The molecule has 0 aliphatic rings. The van der Waals surface area contributed by atoms with Crippen LogP contribution in [0.25, 0.3) is 0 Å². The molecule has 0 spiro atoms. The molecule has 0 bridgehead atoms. The highest BCUT2D eigenvalue weighted by molar-refractivity contribution is 7.09. The zero-order valence-electron chi connectivity index (χ0n) is 13.4. The van der Waals surface area contributed by atoms with Crippen molar-refractivity contribution in [3.05, 3.63) is 58.6 Å². The van der Waals surface area contributed by atoms with Crippen LogP contribution in [0.15, 0.2) is 42.3 Å². The molecule has 0 aliphatic heterocycles. The number of nitrogens with zero attached hydrogens (tertiary/aromatic N) is 4. The van der Waals surface area contributed by atoms with E-state index in [0.717, 1.165) is 22.0 Å². The second kappa shape index (κ2) is 7.22. The van der Waals surface area contributed by atoms with Gasteiger partial charge in [0.15, 0.2) is 0 Å². The number of thiazole rings is 1. The molecule has 1 aromatic carbocycles. The number of amides is 2. The number of anilines is 1. The summed E-state index contributed by atoms with van der Waals surface area (Å²) in [6.07, 6.45) is 3.15. The first kappa shape index (κ1) is 16.1. The molecule has 8 heteroatoms. The predicted molar refractivity (Wildman–Crippen MR) is 93.0 cm³/mol. The largest absolute Gasteiger partial charge is 0.329 e. The number of carbonyl (C=O) groups is 1. The van der Waals surface area contributed by atoms with E-state index < -0.39 is 0 Å². The second-order valence-electron chi connectivity index (χ2n) is 5.44. The maximum Gasteiger partial charge on any atom is 0.319 e. The molecular weight excluding hydrogens is 324 g/mol. The van der Waals surface area contributed by atoms with Crippen LogP contribution in [0.4, 0.5) is 10.5 Å². The van der Waals surface area contributed by atoms with Crippen molar-refractivity contribution in [1.82, 2.24) is 25.1 Å². The molecule has 7 nitrogen and oxygen atoms in total. The van der Waals surface area contributed by atoms with Crippen LogP contribution in [-0.4, -0.2) is 25.8 Å². The molecule has 3 rings (SSSR count). The lowest BCUT2D eigenvalue weighted by molar-refractivity contribution is 0.249. The van der Waals surface area contributed by atoms with Crippen LogP contribution < -0.4 is 10.6 Å². The van der Waals surface area contributed by atoms with Gasteiger partial charge in [-0.1, -0.05) is 12.1 Å². The molecule has 0 aliphatic carbocycles. The summed E-state index contributed by atoms with van der Waals surface area (Å²) in [4.78, 5) is 20.5. The van der Waals surface area contributed by atoms with Gasteiger partial charge in [-0.15, -0.1) is 11.3 Å². The average molecular weight is 342 g/mol. The fourth-order valence-corrected chi connectivity index (χ4v) is 3.05. The van der Waals surface area contributed by atoms with Gasteiger partial charge in [0.2, 0.25) is 0 Å². The molecule has 0 unspecified atom stereocenters. The van der Waals surface area contributed by atoms with E-state index in [9.17, 15) is 4.79 Å². The molecule has 2 N–H and O–H groups in total. The Morgan fingerprint density at radius 3 is 3.00 bits per heavy atom. The third kappa shape index (κ3) is 4.17. The van der Waals surface area contributed by atoms with Gasteiger partial charge in [-0.05, 0) is 31.5 Å². The Morgan fingerprint density at radius 2 is 2.29 bits per heavy atom. The number of hydrogen-bond donors (Lipinski definition) is 2. The Kier molecular flexibility index (Phi) is 4.85. The molecule has 124 valence electrons. The van der Waals surface area contributed by atoms with Crippen molar-refractivity contribution >= 4 is 23.1 Å². The standard InChI is InChI=1S/C16H18N6OS/c1-11-8-24-15(19-11)12(2)20-16(23)21-14-5-3-4-13(6-14)7-22-10-17-9-18-22/h3-6,8-10,12H,7H2,1-2H3,(H2,20,21,23)/t12-/m0/s1. The highest BCUT2D eigenvalue weighted by Gasteiger charge is 2.12. The van der Waals surface area contributed by atoms with Gasteiger partial charge < -0.3 is 10.6 Å². The smallest absolute Gasteiger partial charge is 0.319 e. The summed E-state index contributed by atoms with van der Waals surface area (Å²) in [6, 6.07) is 7.25. The minimum absolute atomic E-state index is 0.137. The molecule has 2 aromatic heterocycles. The number of aryl methyl sites for hydroxylation is 1. The SMILES string of the molecule is Cc1csc([C@H](C)NC(=O)Nc2cccc(Cn3cncn3)c2)n1. The number of aromatic nitrogens is 4. The lowest BCUT2D eigenvalue weighted by atomic mass is 10.2. The quantitative estimate of drug-likeness (QED) is 0.746. The number of urea groups is 1. The Balaban J connectivity index is 1.59. The number of hydrogen-bond acceptors (Lipinski definition) is 5. The summed E-state index contributed by atoms with van der Waals surface area (Å²) in [6.45, 7) is 4.46. The molecular formula is C16H18N6OS. The van der Waals surface area contributed by atoms with Gasteiger partial charge in [-0.25, -0.2) is 19.4 Å². The zero-order chi connectivity index (χ0) is 16.9. The molecule has 0 fully saturated rings. The Labute approximate surface area is 143 Å². The lowest BCUT2D eigenvalue weighted by Gasteiger charge is -2.13. The fourth-order valence-electron chi connectivity index (χ4n) is 2.25. The molecule has 1 atom stereocenters. The van der Waals surface area contributed by atoms with Crippen molar-refractivity contribution in [3.63, 3.8) is 0 Å². The second-order valence-corrected chi connectivity index (χ2v) is 6.33. The van der Waals surface area contributed by atoms with Gasteiger partial charge in [0.25, 0.3) is 0 Å². The lowest BCUT2D eigenvalue weighted by Crippen LogP contribution is -2.31. The number of benzene rings is 1. The van der Waals surface area contributed by atoms with Crippen molar-refractivity contribution < 1.29 is 4.79 Å². The Morgan fingerprint density at radius 1 is 1.42 bits per heavy atom. The third-order valence-corrected chi connectivity index (χ3v) is 4.50. The monoisotopic (exact) mass is 342 g/mol. The van der Waals surface area contributed by atoms with Crippen LogP contribution in [-0.2, 0) is 6.54 Å². The summed E-state index contributed by atoms with van der Waals surface area (Å²) in [5, 5.41) is 12.7. The molecule has 24 heavy (non-hydrogen) atoms. The molecule has 0 saturated heterocycles. The van der Waals surface area contributed by atoms with Crippen LogP contribution in [0.5, 0.6) is 0 Å². The van der Waals surface area contributed by atoms with Crippen LogP contribution in [0, 0.1) is 6.92 Å². The zero-order valence-corrected chi connectivity index (χ0v) is 14.2. The van der Waals surface area contributed by atoms with Crippen molar-refractivity contribution in [3.8, 4) is 0 Å². The Hall–Kier alpha value is -2.74. The maximum absolute atomic E-state index is 12.2. The van der Waals surface area contributed by atoms with E-state index in [1.54, 1.807) is 22.3 Å². The Bertz CT molecular complexity index is 814. The molecule has 2 amide bonds. The van der Waals surface area contributed by atoms with E-state index in [0.29, 0.717) is 6.54 Å². The van der Waals surface area contributed by atoms with Crippen molar-refractivity contribution in [2.75, 3.05) is 5.32 Å². The highest BCUT2D eigenvalue weighted by atomic mass is 32.1. The van der Waals surface area contributed by atoms with E-state index in [4.69, 9.17) is 0 Å². The van der Waals surface area contributed by atoms with E-state index in [-0.39, 0.29) is 12.1 Å². The molecule has 2 heterocycles. The van der Waals surface area contributed by atoms with Crippen molar-refractivity contribution in [1.29, 1.82) is 0 Å². The fraction of sp³-hybridized carbons (Fsp3) is 0.250. The predicted octanol–water partition coefficient (Wildman–Crippen LogP) is 2.97. The van der Waals surface area contributed by atoms with Crippen LogP contribution in [0.2, 0.25) is 0 Å². The van der Waals surface area contributed by atoms with Crippen LogP contribution >= 0.6 is 11.3 Å². The minimum atomic E-state index is -0.256. The number of rotatable bonds is 5. The average Bonchev–Trinajstić information content (AvgIpc) is 3.19. The van der Waals surface area contributed by atoms with Gasteiger partial charge in [-0.2, -0.15) is 5.10 Å². The number of nitrogens with one attached hydrogen (secondary N) is 2. The van der Waals surface area contributed by atoms with Gasteiger partial charge >= 0.3 is 6.03 Å². The summed E-state index contributed by atoms with van der Waals surface area (Å²) < 4.78 is 1.73. The van der Waals surface area contributed by atoms with Gasteiger partial charge in [0.1, 0.15) is 17.7 Å². The first-order valence-electron chi connectivity index (χ1n) is 7.51. The molecule has 0 saturated carbocycles. The highest BCUT2D eigenvalue weighted by Crippen LogP contribution is 2.18. The van der Waals surface area contributed by atoms with E-state index in [2.05, 4.69) is 25.7 Å². The summed E-state index contributed by atoms with van der Waals surface area (Å²) in [7, 11) is 0. The van der Waals surface area contributed by atoms with Gasteiger partial charge in [0.05, 0.1) is 12.6 Å². The first-order chi connectivity index (χ1) is 11.6. The normalized spacial score (nSPS) is 11.9. The molecule has 3 aromatic rings. The van der Waals surface area contributed by atoms with Gasteiger partial charge in [-0.3, -0.25) is 0 Å². The van der Waals surface area contributed by atoms with E-state index in [1.807, 2.05) is 43.5 Å². The topological polar surface area (TPSA) is 84.7 Å². The van der Waals surface area contributed by atoms with Gasteiger partial charge in [0, 0.05) is 16.8 Å². The van der Waals surface area contributed by atoms with Crippen molar-refractivity contribution in [2.45, 2.75) is 26.4 Å². The van der Waals surface area contributed by atoms with E-state index >= 15 is 0 Å². The van der Waals surface area contributed by atoms with E-state index in [1.165, 1.54) is 6.33 Å². The summed E-state index contributed by atoms with van der Waals surface area (Å²) in [5.41, 5.74) is 2.72. The minimum Gasteiger partial charge on any atom is -0.329 e. The summed E-state index contributed by atoms with van der Waals surface area (Å²) >= 11 is 1.54. The number of carbonyl (C=O) groups excluding carboxylic acids is 1. The maximum atomic E-state index is 12.2. The van der Waals surface area contributed by atoms with Crippen LogP contribution in [0.3, 0.4) is 0 Å². The third-order valence-electron chi connectivity index (χ3n) is 3.35. The summed E-state index contributed by atoms with van der Waals surface area (Å²) in [5.74, 6) is 0. The first-order valence-corrected chi connectivity index (χ1v) is 8.39. The van der Waals surface area contributed by atoms with Crippen LogP contribution in [0.1, 0.15) is 29.2 Å².